The number of aromatic nitrogens is 1. The van der Waals surface area contributed by atoms with Crippen LogP contribution in [-0.2, 0) is 0 Å². The molecule has 3 heteroatoms. The van der Waals surface area contributed by atoms with Crippen molar-refractivity contribution in [3.05, 3.63) is 23.4 Å². The highest BCUT2D eigenvalue weighted by Crippen LogP contribution is 2.07. The molecule has 2 nitrogen and oxygen atoms in total. The van der Waals surface area contributed by atoms with E-state index in [9.17, 15) is 0 Å². The normalized spacial score (nSPS) is 8.83. The van der Waals surface area contributed by atoms with Gasteiger partial charge >= 0.3 is 0 Å². The minimum atomic E-state index is 0.539. The largest absolute Gasteiger partial charge is 0.384 e. The molecule has 0 atom stereocenters. The summed E-state index contributed by atoms with van der Waals surface area (Å²) < 4.78 is 0. The second kappa shape index (κ2) is 4.13. The molecule has 1 rings (SSSR count). The molecule has 0 saturated heterocycles. The molecule has 0 aliphatic carbocycles. The van der Waals surface area contributed by atoms with Crippen LogP contribution in [0.25, 0.3) is 0 Å². The summed E-state index contributed by atoms with van der Waals surface area (Å²) in [5.41, 5.74) is 7.49. The molecule has 0 radical (unpaired) electrons. The number of hydrogen-bond donors (Lipinski definition) is 1. The Balaban J connectivity index is 3.01. The first-order valence-electron chi connectivity index (χ1n) is 3.51. The van der Waals surface area contributed by atoms with Crippen LogP contribution in [0.3, 0.4) is 0 Å². The van der Waals surface area contributed by atoms with Crippen molar-refractivity contribution in [1.82, 2.24) is 4.98 Å². The lowest BCUT2D eigenvalue weighted by molar-refractivity contribution is 1.27. The van der Waals surface area contributed by atoms with Gasteiger partial charge in [-0.3, -0.25) is 0 Å². The Hall–Kier alpha value is -1.01. The molecule has 0 aromatic carbocycles. The summed E-state index contributed by atoms with van der Waals surface area (Å²) in [4.78, 5) is 3.95. The van der Waals surface area contributed by atoms with E-state index < -0.39 is 0 Å². The predicted molar refractivity (Wildman–Crippen MR) is 54.1 cm³/mol. The molecule has 0 spiro atoms. The molecule has 0 fully saturated rings. The quantitative estimate of drug-likeness (QED) is 0.539. The summed E-state index contributed by atoms with van der Waals surface area (Å²) in [6.07, 6.45) is 1.69. The molecule has 12 heavy (non-hydrogen) atoms. The third-order valence-corrected chi connectivity index (χ3v) is 1.70. The van der Waals surface area contributed by atoms with Crippen LogP contribution in [-0.4, -0.2) is 10.3 Å². The van der Waals surface area contributed by atoms with Crippen LogP contribution in [0.4, 0.5) is 5.82 Å². The first kappa shape index (κ1) is 9.08. The van der Waals surface area contributed by atoms with Gasteiger partial charge in [-0.25, -0.2) is 4.98 Å². The van der Waals surface area contributed by atoms with Crippen molar-refractivity contribution in [3.63, 3.8) is 0 Å². The number of nitrogens with two attached hydrogens (primary N) is 1. The van der Waals surface area contributed by atoms with Crippen molar-refractivity contribution in [1.29, 1.82) is 0 Å². The van der Waals surface area contributed by atoms with Crippen LogP contribution in [0.2, 0.25) is 0 Å². The van der Waals surface area contributed by atoms with Gasteiger partial charge in [-0.05, 0) is 18.6 Å². The lowest BCUT2D eigenvalue weighted by atomic mass is 10.1. The number of halogens is 1. The van der Waals surface area contributed by atoms with Crippen molar-refractivity contribution < 1.29 is 0 Å². The maximum absolute atomic E-state index is 5.49. The van der Waals surface area contributed by atoms with E-state index in [1.165, 1.54) is 0 Å². The third kappa shape index (κ3) is 2.24. The second-order valence-corrected chi connectivity index (χ2v) is 2.92. The molecule has 0 unspecified atom stereocenters. The van der Waals surface area contributed by atoms with Gasteiger partial charge in [0.1, 0.15) is 5.82 Å². The second-order valence-electron chi connectivity index (χ2n) is 2.36. The van der Waals surface area contributed by atoms with E-state index in [-0.39, 0.29) is 0 Å². The molecular formula is C9H9BrN2. The first-order chi connectivity index (χ1) is 5.74. The Kier molecular flexibility index (Phi) is 3.12. The van der Waals surface area contributed by atoms with Crippen molar-refractivity contribution in [3.8, 4) is 11.8 Å². The molecule has 62 valence electrons. The third-order valence-electron chi connectivity index (χ3n) is 1.42. The minimum absolute atomic E-state index is 0.539. The fourth-order valence-electron chi connectivity index (χ4n) is 0.837. The minimum Gasteiger partial charge on any atom is -0.384 e. The highest BCUT2D eigenvalue weighted by Gasteiger charge is 1.94. The van der Waals surface area contributed by atoms with E-state index in [1.54, 1.807) is 6.20 Å². The number of rotatable bonds is 0. The van der Waals surface area contributed by atoms with Crippen molar-refractivity contribution in [2.45, 2.75) is 6.92 Å². The van der Waals surface area contributed by atoms with Crippen molar-refractivity contribution in [2.24, 2.45) is 0 Å². The number of nitrogens with zero attached hydrogens (tertiary/aromatic N) is 1. The molecule has 1 aromatic rings. The Bertz CT molecular complexity index is 336. The molecular weight excluding hydrogens is 216 g/mol. The standard InChI is InChI=1S/C9H9BrN2/c1-7-5-9(11)12-6-8(7)3-2-4-10/h5-6H,4H2,1H3,(H2,11,12). The smallest absolute Gasteiger partial charge is 0.123 e. The zero-order valence-electron chi connectivity index (χ0n) is 6.76. The Morgan fingerprint density at radius 1 is 1.67 bits per heavy atom. The Morgan fingerprint density at radius 3 is 3.00 bits per heavy atom. The summed E-state index contributed by atoms with van der Waals surface area (Å²) in [5.74, 6) is 6.42. The summed E-state index contributed by atoms with van der Waals surface area (Å²) >= 11 is 3.23. The average Bonchev–Trinajstić information content (AvgIpc) is 2.03. The predicted octanol–water partition coefficient (Wildman–Crippen LogP) is 1.72. The molecule has 0 amide bonds. The number of pyridine rings is 1. The summed E-state index contributed by atoms with van der Waals surface area (Å²) in [6, 6.07) is 1.82. The lowest BCUT2D eigenvalue weighted by Gasteiger charge is -1.97. The summed E-state index contributed by atoms with van der Waals surface area (Å²) in [7, 11) is 0. The van der Waals surface area contributed by atoms with E-state index in [2.05, 4.69) is 32.8 Å². The maximum atomic E-state index is 5.49. The van der Waals surface area contributed by atoms with Gasteiger partial charge in [0.2, 0.25) is 0 Å². The molecule has 2 N–H and O–H groups in total. The zero-order valence-corrected chi connectivity index (χ0v) is 8.35. The first-order valence-corrected chi connectivity index (χ1v) is 4.63. The van der Waals surface area contributed by atoms with E-state index in [1.807, 2.05) is 13.0 Å². The van der Waals surface area contributed by atoms with E-state index in [0.29, 0.717) is 11.1 Å². The van der Waals surface area contributed by atoms with Gasteiger partial charge in [-0.15, -0.1) is 0 Å². The Labute approximate surface area is 80.3 Å². The number of hydrogen-bond acceptors (Lipinski definition) is 2. The van der Waals surface area contributed by atoms with E-state index >= 15 is 0 Å². The van der Waals surface area contributed by atoms with E-state index in [4.69, 9.17) is 5.73 Å². The summed E-state index contributed by atoms with van der Waals surface area (Å²) in [6.45, 7) is 1.97. The molecule has 0 bridgehead atoms. The Morgan fingerprint density at radius 2 is 2.42 bits per heavy atom. The SMILES string of the molecule is Cc1cc(N)ncc1C#CCBr. The highest BCUT2D eigenvalue weighted by molar-refractivity contribution is 9.09. The van der Waals surface area contributed by atoms with Crippen LogP contribution in [0.15, 0.2) is 12.3 Å². The molecule has 0 aliphatic rings. The van der Waals surface area contributed by atoms with Crippen LogP contribution in [0.5, 0.6) is 0 Å². The van der Waals surface area contributed by atoms with E-state index in [0.717, 1.165) is 11.1 Å². The fraction of sp³-hybridized carbons (Fsp3) is 0.222. The molecule has 0 aliphatic heterocycles. The lowest BCUT2D eigenvalue weighted by Crippen LogP contribution is -1.92. The monoisotopic (exact) mass is 224 g/mol. The van der Waals surface area contributed by atoms with Gasteiger partial charge in [0.05, 0.1) is 5.33 Å². The highest BCUT2D eigenvalue weighted by atomic mass is 79.9. The zero-order chi connectivity index (χ0) is 8.97. The number of aryl methyl sites for hydroxylation is 1. The molecule has 1 aromatic heterocycles. The molecule has 0 saturated carbocycles. The van der Waals surface area contributed by atoms with Crippen molar-refractivity contribution in [2.75, 3.05) is 11.1 Å². The maximum Gasteiger partial charge on any atom is 0.123 e. The van der Waals surface area contributed by atoms with Crippen LogP contribution in [0, 0.1) is 18.8 Å². The fourth-order valence-corrected chi connectivity index (χ4v) is 0.977. The van der Waals surface area contributed by atoms with Gasteiger partial charge in [0.25, 0.3) is 0 Å². The van der Waals surface area contributed by atoms with Gasteiger partial charge in [-0.1, -0.05) is 27.8 Å². The van der Waals surface area contributed by atoms with Crippen LogP contribution in [0.1, 0.15) is 11.1 Å². The average molecular weight is 225 g/mol. The van der Waals surface area contributed by atoms with Crippen molar-refractivity contribution >= 4 is 21.7 Å². The van der Waals surface area contributed by atoms with Gasteiger partial charge in [-0.2, -0.15) is 0 Å². The number of alkyl halides is 1. The topological polar surface area (TPSA) is 38.9 Å². The van der Waals surface area contributed by atoms with Gasteiger partial charge < -0.3 is 5.73 Å². The number of nitrogen functional groups attached to an aromatic ring is 1. The van der Waals surface area contributed by atoms with Crippen LogP contribution < -0.4 is 5.73 Å². The molecule has 1 heterocycles. The van der Waals surface area contributed by atoms with Gasteiger partial charge in [0.15, 0.2) is 0 Å². The number of anilines is 1. The van der Waals surface area contributed by atoms with Crippen LogP contribution >= 0.6 is 15.9 Å². The summed E-state index contributed by atoms with van der Waals surface area (Å²) in [5, 5.41) is 0.677. The van der Waals surface area contributed by atoms with Gasteiger partial charge in [0, 0.05) is 11.8 Å².